The molecule has 1 heterocycles. The van der Waals surface area contributed by atoms with Gasteiger partial charge < -0.3 is 10.6 Å². The van der Waals surface area contributed by atoms with E-state index in [-0.39, 0.29) is 16.9 Å². The summed E-state index contributed by atoms with van der Waals surface area (Å²) in [7, 11) is 0. The van der Waals surface area contributed by atoms with E-state index < -0.39 is 5.82 Å². The average molecular weight is 371 g/mol. The fourth-order valence-corrected chi connectivity index (χ4v) is 2.48. The summed E-state index contributed by atoms with van der Waals surface area (Å²) in [6, 6.07) is 12.0. The van der Waals surface area contributed by atoms with Crippen molar-refractivity contribution in [2.75, 3.05) is 5.32 Å². The first kappa shape index (κ1) is 17.8. The van der Waals surface area contributed by atoms with Crippen molar-refractivity contribution in [1.82, 2.24) is 15.3 Å². The number of halogens is 2. The molecule has 0 saturated carbocycles. The predicted octanol–water partition coefficient (Wildman–Crippen LogP) is 4.25. The Morgan fingerprint density at radius 1 is 1.15 bits per heavy atom. The van der Waals surface area contributed by atoms with Gasteiger partial charge >= 0.3 is 0 Å². The first-order valence-corrected chi connectivity index (χ1v) is 8.27. The monoisotopic (exact) mass is 370 g/mol. The molecule has 0 fully saturated rings. The molecule has 0 saturated heterocycles. The van der Waals surface area contributed by atoms with Crippen LogP contribution in [0, 0.1) is 12.7 Å². The van der Waals surface area contributed by atoms with Crippen molar-refractivity contribution in [2.45, 2.75) is 13.5 Å². The van der Waals surface area contributed by atoms with Crippen LogP contribution < -0.4 is 10.6 Å². The van der Waals surface area contributed by atoms with Gasteiger partial charge in [0.25, 0.3) is 5.91 Å². The number of hydrogen-bond acceptors (Lipinski definition) is 4. The maximum atomic E-state index is 13.2. The van der Waals surface area contributed by atoms with Crippen LogP contribution in [0.3, 0.4) is 0 Å². The Morgan fingerprint density at radius 3 is 2.58 bits per heavy atom. The van der Waals surface area contributed by atoms with Gasteiger partial charge in [-0.05, 0) is 36.2 Å². The first-order valence-electron chi connectivity index (χ1n) is 7.90. The van der Waals surface area contributed by atoms with E-state index in [4.69, 9.17) is 11.6 Å². The van der Waals surface area contributed by atoms with Gasteiger partial charge in [0.2, 0.25) is 5.95 Å². The van der Waals surface area contributed by atoms with E-state index in [0.29, 0.717) is 17.8 Å². The van der Waals surface area contributed by atoms with Crippen LogP contribution in [0.4, 0.5) is 16.0 Å². The summed E-state index contributed by atoms with van der Waals surface area (Å²) in [5.41, 5.74) is 3.06. The summed E-state index contributed by atoms with van der Waals surface area (Å²) in [6.45, 7) is 2.42. The third kappa shape index (κ3) is 4.34. The topological polar surface area (TPSA) is 66.9 Å². The van der Waals surface area contributed by atoms with Crippen LogP contribution in [0.5, 0.6) is 0 Å². The molecule has 0 unspecified atom stereocenters. The van der Waals surface area contributed by atoms with E-state index in [1.807, 2.05) is 31.2 Å². The number of rotatable bonds is 5. The van der Waals surface area contributed by atoms with Gasteiger partial charge in [0.1, 0.15) is 5.82 Å². The van der Waals surface area contributed by atoms with Gasteiger partial charge in [0, 0.05) is 24.6 Å². The number of carbonyl (C=O) groups excluding carboxylic acids is 1. The Balaban J connectivity index is 1.62. The van der Waals surface area contributed by atoms with Crippen molar-refractivity contribution >= 4 is 29.1 Å². The lowest BCUT2D eigenvalue weighted by molar-refractivity contribution is 0.0950. The zero-order chi connectivity index (χ0) is 18.5. The molecule has 3 rings (SSSR count). The van der Waals surface area contributed by atoms with Crippen molar-refractivity contribution in [3.63, 3.8) is 0 Å². The predicted molar refractivity (Wildman–Crippen MR) is 99.1 cm³/mol. The number of amides is 1. The molecule has 2 aromatic carbocycles. The molecule has 5 nitrogen and oxygen atoms in total. The number of anilines is 2. The summed E-state index contributed by atoms with van der Waals surface area (Å²) < 4.78 is 13.2. The molecule has 7 heteroatoms. The second-order valence-corrected chi connectivity index (χ2v) is 6.07. The summed E-state index contributed by atoms with van der Waals surface area (Å²) in [6.07, 6.45) is 2.85. The van der Waals surface area contributed by atoms with Gasteiger partial charge in [0.15, 0.2) is 0 Å². The molecular formula is C19H16ClFN4O. The lowest BCUT2D eigenvalue weighted by Crippen LogP contribution is -2.23. The number of nitrogens with zero attached hydrogens (tertiary/aromatic N) is 2. The summed E-state index contributed by atoms with van der Waals surface area (Å²) in [5.74, 6) is -0.480. The second-order valence-electron chi connectivity index (χ2n) is 5.66. The van der Waals surface area contributed by atoms with Gasteiger partial charge in [-0.1, -0.05) is 35.9 Å². The molecule has 0 atom stereocenters. The van der Waals surface area contributed by atoms with E-state index in [2.05, 4.69) is 20.6 Å². The molecule has 132 valence electrons. The fraction of sp³-hybridized carbons (Fsp3) is 0.105. The van der Waals surface area contributed by atoms with Crippen LogP contribution >= 0.6 is 11.6 Å². The number of aromatic nitrogens is 2. The molecule has 0 aliphatic carbocycles. The van der Waals surface area contributed by atoms with Crippen molar-refractivity contribution in [3.05, 3.63) is 82.4 Å². The molecule has 26 heavy (non-hydrogen) atoms. The minimum Gasteiger partial charge on any atom is -0.348 e. The van der Waals surface area contributed by atoms with Crippen LogP contribution in [-0.2, 0) is 6.54 Å². The molecule has 0 radical (unpaired) electrons. The lowest BCUT2D eigenvalue weighted by Gasteiger charge is -2.08. The Hall–Kier alpha value is -2.99. The van der Waals surface area contributed by atoms with E-state index in [1.54, 1.807) is 0 Å². The van der Waals surface area contributed by atoms with Crippen molar-refractivity contribution in [3.8, 4) is 0 Å². The Labute approximate surface area is 155 Å². The standard InChI is InChI=1S/C19H16ClFN4O/c1-12-4-2-3-5-13(12)9-22-18(26)14-10-23-19(24-11-14)25-15-6-7-17(21)16(20)8-15/h2-8,10-11H,9H2,1H3,(H,22,26)(H,23,24,25). The quantitative estimate of drug-likeness (QED) is 0.704. The minimum atomic E-state index is -0.501. The molecule has 1 aromatic heterocycles. The molecular weight excluding hydrogens is 355 g/mol. The lowest BCUT2D eigenvalue weighted by atomic mass is 10.1. The fourth-order valence-electron chi connectivity index (χ4n) is 2.30. The summed E-state index contributed by atoms with van der Waals surface area (Å²) in [5, 5.41) is 5.74. The number of carbonyl (C=O) groups is 1. The molecule has 0 aliphatic rings. The third-order valence-electron chi connectivity index (χ3n) is 3.79. The van der Waals surface area contributed by atoms with Gasteiger partial charge in [0.05, 0.1) is 10.6 Å². The third-order valence-corrected chi connectivity index (χ3v) is 4.08. The van der Waals surface area contributed by atoms with Crippen LogP contribution in [0.1, 0.15) is 21.5 Å². The Morgan fingerprint density at radius 2 is 1.88 bits per heavy atom. The Bertz CT molecular complexity index is 931. The van der Waals surface area contributed by atoms with E-state index in [9.17, 15) is 9.18 Å². The number of aryl methyl sites for hydroxylation is 1. The van der Waals surface area contributed by atoms with Gasteiger partial charge in [-0.15, -0.1) is 0 Å². The second kappa shape index (κ2) is 7.93. The number of benzene rings is 2. The Kier molecular flexibility index (Phi) is 5.43. The minimum absolute atomic E-state index is 0.00204. The van der Waals surface area contributed by atoms with E-state index in [0.717, 1.165) is 11.1 Å². The highest BCUT2D eigenvalue weighted by molar-refractivity contribution is 6.31. The van der Waals surface area contributed by atoms with Crippen molar-refractivity contribution in [1.29, 1.82) is 0 Å². The smallest absolute Gasteiger partial charge is 0.254 e. The highest BCUT2D eigenvalue weighted by Crippen LogP contribution is 2.21. The van der Waals surface area contributed by atoms with Crippen LogP contribution in [0.2, 0.25) is 5.02 Å². The van der Waals surface area contributed by atoms with Crippen LogP contribution in [0.25, 0.3) is 0 Å². The normalized spacial score (nSPS) is 10.4. The van der Waals surface area contributed by atoms with E-state index in [1.165, 1.54) is 30.6 Å². The van der Waals surface area contributed by atoms with Crippen LogP contribution in [0.15, 0.2) is 54.9 Å². The van der Waals surface area contributed by atoms with E-state index >= 15 is 0 Å². The molecule has 0 bridgehead atoms. The highest BCUT2D eigenvalue weighted by Gasteiger charge is 2.08. The van der Waals surface area contributed by atoms with Crippen LogP contribution in [-0.4, -0.2) is 15.9 Å². The zero-order valence-electron chi connectivity index (χ0n) is 14.0. The zero-order valence-corrected chi connectivity index (χ0v) is 14.7. The molecule has 0 spiro atoms. The summed E-state index contributed by atoms with van der Waals surface area (Å²) in [4.78, 5) is 20.4. The number of hydrogen-bond donors (Lipinski definition) is 2. The largest absolute Gasteiger partial charge is 0.348 e. The maximum Gasteiger partial charge on any atom is 0.254 e. The van der Waals surface area contributed by atoms with Gasteiger partial charge in [-0.25, -0.2) is 14.4 Å². The SMILES string of the molecule is Cc1ccccc1CNC(=O)c1cnc(Nc2ccc(F)c(Cl)c2)nc1. The van der Waals surface area contributed by atoms with Gasteiger partial charge in [-0.3, -0.25) is 4.79 Å². The maximum absolute atomic E-state index is 13.2. The van der Waals surface area contributed by atoms with Crippen molar-refractivity contribution < 1.29 is 9.18 Å². The molecule has 3 aromatic rings. The first-order chi connectivity index (χ1) is 12.5. The summed E-state index contributed by atoms with van der Waals surface area (Å²) >= 11 is 5.73. The molecule has 0 aliphatic heterocycles. The molecule has 1 amide bonds. The number of nitrogens with one attached hydrogen (secondary N) is 2. The average Bonchev–Trinajstić information content (AvgIpc) is 2.64. The van der Waals surface area contributed by atoms with Gasteiger partial charge in [-0.2, -0.15) is 0 Å². The van der Waals surface area contributed by atoms with Crippen molar-refractivity contribution in [2.24, 2.45) is 0 Å². The molecule has 2 N–H and O–H groups in total. The highest BCUT2D eigenvalue weighted by atomic mass is 35.5.